The Labute approximate surface area is 338 Å². The zero-order valence-electron chi connectivity index (χ0n) is 33.3. The molecule has 4 nitrogen and oxygen atoms in total. The maximum absolute atomic E-state index is 5.03. The predicted octanol–water partition coefficient (Wildman–Crippen LogP) is 13.1. The standard InChI is InChI=1S/C54H42N4/c1-31-7-5-9-35(23-31)37-13-17-47-43(27-37)45-29-39-11-16-42-52-40(12-15-41(51(39)52)53(45)57(47)49-25-33(3)19-21-55-49)30-46-44-28-38(36-10-6-8-32(2)24-36)14-18-48(44)58(54(42)46)50-26-34(4)20-22-56-50/h5-10,13-14,17-30H,11-12,15-16H2,1-4H3. The largest absolute Gasteiger partial charge is 0.293 e. The molecule has 0 N–H and O–H groups in total. The summed E-state index contributed by atoms with van der Waals surface area (Å²) in [5.74, 6) is 1.96. The van der Waals surface area contributed by atoms with Crippen molar-refractivity contribution in [3.05, 3.63) is 178 Å². The second kappa shape index (κ2) is 12.4. The lowest BCUT2D eigenvalue weighted by atomic mass is 9.74. The fourth-order valence-corrected chi connectivity index (χ4v) is 10.4. The Hall–Kier alpha value is -6.78. The quantitative estimate of drug-likeness (QED) is 0.180. The maximum atomic E-state index is 5.03. The fourth-order valence-electron chi connectivity index (χ4n) is 10.4. The van der Waals surface area contributed by atoms with Crippen molar-refractivity contribution < 1.29 is 0 Å². The molecule has 58 heavy (non-hydrogen) atoms. The molecule has 0 radical (unpaired) electrons. The van der Waals surface area contributed by atoms with E-state index in [1.807, 2.05) is 12.4 Å². The number of nitrogens with zero attached hydrogens (tertiary/aromatic N) is 4. The van der Waals surface area contributed by atoms with E-state index in [4.69, 9.17) is 9.97 Å². The smallest absolute Gasteiger partial charge is 0.137 e. The second-order valence-corrected chi connectivity index (χ2v) is 16.8. The Kier molecular flexibility index (Phi) is 7.11. The van der Waals surface area contributed by atoms with Gasteiger partial charge in [0.25, 0.3) is 0 Å². The zero-order valence-corrected chi connectivity index (χ0v) is 33.3. The van der Waals surface area contributed by atoms with Crippen molar-refractivity contribution in [1.82, 2.24) is 19.1 Å². The highest BCUT2D eigenvalue weighted by Crippen LogP contribution is 2.51. The van der Waals surface area contributed by atoms with Crippen molar-refractivity contribution in [2.24, 2.45) is 0 Å². The van der Waals surface area contributed by atoms with Crippen LogP contribution in [0, 0.1) is 27.7 Å². The van der Waals surface area contributed by atoms with E-state index in [1.165, 1.54) is 122 Å². The van der Waals surface area contributed by atoms with E-state index < -0.39 is 0 Å². The van der Waals surface area contributed by atoms with Gasteiger partial charge in [-0.15, -0.1) is 0 Å². The molecule has 0 atom stereocenters. The molecule has 6 aromatic carbocycles. The Morgan fingerprint density at radius 2 is 0.828 bits per heavy atom. The van der Waals surface area contributed by atoms with Crippen molar-refractivity contribution in [1.29, 1.82) is 0 Å². The predicted molar refractivity (Wildman–Crippen MR) is 241 cm³/mol. The molecule has 12 rings (SSSR count). The molecule has 2 aliphatic rings. The molecule has 0 saturated heterocycles. The summed E-state index contributed by atoms with van der Waals surface area (Å²) in [4.78, 5) is 10.1. The van der Waals surface area contributed by atoms with Crippen molar-refractivity contribution >= 4 is 43.6 Å². The summed E-state index contributed by atoms with van der Waals surface area (Å²) >= 11 is 0. The van der Waals surface area contributed by atoms with Gasteiger partial charge in [0.2, 0.25) is 0 Å². The number of fused-ring (bicyclic) bond motifs is 8. The highest BCUT2D eigenvalue weighted by atomic mass is 15.1. The molecule has 0 unspecified atom stereocenters. The number of aromatic nitrogens is 4. The molecular weight excluding hydrogens is 705 g/mol. The van der Waals surface area contributed by atoms with Gasteiger partial charge in [0, 0.05) is 33.9 Å². The molecule has 278 valence electrons. The van der Waals surface area contributed by atoms with Crippen molar-refractivity contribution in [2.45, 2.75) is 53.4 Å². The molecule has 0 amide bonds. The van der Waals surface area contributed by atoms with Crippen LogP contribution in [0.1, 0.15) is 44.5 Å². The Morgan fingerprint density at radius 1 is 0.397 bits per heavy atom. The van der Waals surface area contributed by atoms with Crippen LogP contribution in [-0.2, 0) is 25.7 Å². The van der Waals surface area contributed by atoms with Gasteiger partial charge in [-0.25, -0.2) is 9.97 Å². The van der Waals surface area contributed by atoms with Gasteiger partial charge < -0.3 is 0 Å². The summed E-state index contributed by atoms with van der Waals surface area (Å²) in [6, 6.07) is 45.6. The van der Waals surface area contributed by atoms with Crippen molar-refractivity contribution in [3.63, 3.8) is 0 Å². The minimum absolute atomic E-state index is 0.979. The zero-order chi connectivity index (χ0) is 38.8. The molecule has 2 aliphatic carbocycles. The van der Waals surface area contributed by atoms with E-state index in [1.54, 1.807) is 0 Å². The lowest BCUT2D eigenvalue weighted by molar-refractivity contribution is 0.881. The minimum Gasteiger partial charge on any atom is -0.293 e. The van der Waals surface area contributed by atoms with Crippen LogP contribution in [0.5, 0.6) is 0 Å². The summed E-state index contributed by atoms with van der Waals surface area (Å²) in [5.41, 5.74) is 23.7. The van der Waals surface area contributed by atoms with Crippen LogP contribution in [0.15, 0.2) is 134 Å². The van der Waals surface area contributed by atoms with Crippen LogP contribution in [0.4, 0.5) is 0 Å². The summed E-state index contributed by atoms with van der Waals surface area (Å²) in [7, 11) is 0. The SMILES string of the molecule is Cc1cccc(-c2ccc3c(c2)c2cc4c5c(c2n3-c2cc(C)ccn2)CCc2cc3c6cc(-c7cccc(C)c7)ccc6n(-c6cc(C)ccn6)c3c(c2-5)CC4)c1. The van der Waals surface area contributed by atoms with E-state index in [-0.39, 0.29) is 0 Å². The number of benzene rings is 6. The third-order valence-corrected chi connectivity index (χ3v) is 13.0. The van der Waals surface area contributed by atoms with Gasteiger partial charge in [-0.2, -0.15) is 0 Å². The van der Waals surface area contributed by atoms with E-state index in [9.17, 15) is 0 Å². The molecule has 0 bridgehead atoms. The van der Waals surface area contributed by atoms with E-state index >= 15 is 0 Å². The first-order valence-corrected chi connectivity index (χ1v) is 20.6. The number of rotatable bonds is 4. The van der Waals surface area contributed by atoms with Gasteiger partial charge in [0.1, 0.15) is 11.6 Å². The summed E-state index contributed by atoms with van der Waals surface area (Å²) in [5, 5.41) is 5.24. The summed E-state index contributed by atoms with van der Waals surface area (Å²) < 4.78 is 4.93. The molecule has 10 aromatic rings. The van der Waals surface area contributed by atoms with E-state index in [0.29, 0.717) is 0 Å². The monoisotopic (exact) mass is 746 g/mol. The minimum atomic E-state index is 0.979. The fraction of sp³-hybridized carbons (Fsp3) is 0.148. The Morgan fingerprint density at radius 3 is 1.26 bits per heavy atom. The molecule has 0 fully saturated rings. The van der Waals surface area contributed by atoms with Crippen LogP contribution < -0.4 is 0 Å². The lowest BCUT2D eigenvalue weighted by Gasteiger charge is -2.31. The highest BCUT2D eigenvalue weighted by Gasteiger charge is 2.33. The molecular formula is C54H42N4. The molecule has 0 spiro atoms. The van der Waals surface area contributed by atoms with Crippen molar-refractivity contribution in [2.75, 3.05) is 0 Å². The third-order valence-electron chi connectivity index (χ3n) is 13.0. The van der Waals surface area contributed by atoms with Crippen LogP contribution in [0.3, 0.4) is 0 Å². The Balaban J connectivity index is 1.17. The second-order valence-electron chi connectivity index (χ2n) is 16.8. The van der Waals surface area contributed by atoms with Crippen LogP contribution >= 0.6 is 0 Å². The van der Waals surface area contributed by atoms with Crippen LogP contribution in [0.2, 0.25) is 0 Å². The molecule has 0 saturated carbocycles. The first-order valence-electron chi connectivity index (χ1n) is 20.6. The average Bonchev–Trinajstić information content (AvgIpc) is 3.74. The average molecular weight is 747 g/mol. The number of hydrogen-bond donors (Lipinski definition) is 0. The third kappa shape index (κ3) is 4.87. The van der Waals surface area contributed by atoms with Crippen LogP contribution in [0.25, 0.3) is 88.6 Å². The first-order chi connectivity index (χ1) is 28.4. The normalized spacial score (nSPS) is 13.2. The van der Waals surface area contributed by atoms with Gasteiger partial charge in [0.05, 0.1) is 22.1 Å². The molecule has 4 aromatic heterocycles. The molecule has 4 heteroatoms. The first kappa shape index (κ1) is 33.4. The number of aryl methyl sites for hydroxylation is 8. The topological polar surface area (TPSA) is 35.6 Å². The summed E-state index contributed by atoms with van der Waals surface area (Å²) in [6.07, 6.45) is 7.87. The maximum Gasteiger partial charge on any atom is 0.137 e. The molecule has 4 heterocycles. The van der Waals surface area contributed by atoms with E-state index in [2.05, 4.69) is 158 Å². The van der Waals surface area contributed by atoms with Gasteiger partial charge in [-0.1, -0.05) is 71.8 Å². The highest BCUT2D eigenvalue weighted by molar-refractivity contribution is 6.16. The number of hydrogen-bond acceptors (Lipinski definition) is 2. The van der Waals surface area contributed by atoms with Gasteiger partial charge in [-0.3, -0.25) is 9.13 Å². The van der Waals surface area contributed by atoms with Gasteiger partial charge in [-0.05, 0) is 181 Å². The van der Waals surface area contributed by atoms with Crippen molar-refractivity contribution in [3.8, 4) is 45.0 Å². The lowest BCUT2D eigenvalue weighted by Crippen LogP contribution is -2.16. The van der Waals surface area contributed by atoms with Gasteiger partial charge in [0.15, 0.2) is 0 Å². The Bertz CT molecular complexity index is 3170. The molecule has 0 aliphatic heterocycles. The number of pyridine rings is 2. The van der Waals surface area contributed by atoms with E-state index in [0.717, 1.165) is 37.3 Å². The van der Waals surface area contributed by atoms with Crippen LogP contribution in [-0.4, -0.2) is 19.1 Å². The summed E-state index contributed by atoms with van der Waals surface area (Å²) in [6.45, 7) is 8.68. The van der Waals surface area contributed by atoms with Gasteiger partial charge >= 0.3 is 0 Å².